The number of hydrogen-bond acceptors (Lipinski definition) is 4. The number of halogens is 1. The predicted octanol–water partition coefficient (Wildman–Crippen LogP) is 5.73. The molecule has 3 nitrogen and oxygen atoms in total. The smallest absolute Gasteiger partial charge is 0.187 e. The van der Waals surface area contributed by atoms with Gasteiger partial charge >= 0.3 is 0 Å². The van der Waals surface area contributed by atoms with Gasteiger partial charge in [-0.25, -0.2) is 4.98 Å². The van der Waals surface area contributed by atoms with Gasteiger partial charge in [0.2, 0.25) is 0 Å². The molecule has 4 rings (SSSR count). The molecule has 0 fully saturated rings. The molecule has 3 aromatic rings. The van der Waals surface area contributed by atoms with Crippen molar-refractivity contribution in [2.75, 3.05) is 12.4 Å². The van der Waals surface area contributed by atoms with Crippen LogP contribution in [-0.2, 0) is 12.8 Å². The van der Waals surface area contributed by atoms with Crippen molar-refractivity contribution in [3.63, 3.8) is 0 Å². The molecule has 0 bridgehead atoms. The number of thiazole rings is 1. The second-order valence-electron chi connectivity index (χ2n) is 5.89. The summed E-state index contributed by atoms with van der Waals surface area (Å²) in [4.78, 5) is 6.19. The number of fused-ring (bicyclic) bond motifs is 3. The Hall–Kier alpha value is -1.85. The molecule has 0 radical (unpaired) electrons. The third-order valence-electron chi connectivity index (χ3n) is 4.24. The molecule has 1 aromatic heterocycles. The third-order valence-corrected chi connectivity index (χ3v) is 6.02. The van der Waals surface area contributed by atoms with Gasteiger partial charge in [-0.3, -0.25) is 0 Å². The molecule has 1 aliphatic carbocycles. The molecular weight excluding hydrogens is 384 g/mol. The highest BCUT2D eigenvalue weighted by atomic mass is 79.9. The maximum absolute atomic E-state index is 5.59. The van der Waals surface area contributed by atoms with Gasteiger partial charge < -0.3 is 10.1 Å². The molecular formula is C19H17BrN2OS. The van der Waals surface area contributed by atoms with E-state index in [-0.39, 0.29) is 0 Å². The van der Waals surface area contributed by atoms with Gasteiger partial charge in [-0.1, -0.05) is 28.1 Å². The summed E-state index contributed by atoms with van der Waals surface area (Å²) in [5.41, 5.74) is 5.77. The number of rotatable bonds is 3. The van der Waals surface area contributed by atoms with Crippen LogP contribution in [0, 0.1) is 6.92 Å². The Balaban J connectivity index is 1.77. The average Bonchev–Trinajstić information content (AvgIpc) is 2.98. The van der Waals surface area contributed by atoms with Crippen LogP contribution >= 0.6 is 27.3 Å². The van der Waals surface area contributed by atoms with Gasteiger partial charge in [0.05, 0.1) is 12.8 Å². The molecule has 0 saturated heterocycles. The van der Waals surface area contributed by atoms with Gasteiger partial charge in [-0.05, 0) is 55.2 Å². The molecule has 0 saturated carbocycles. The molecule has 1 aliphatic rings. The minimum absolute atomic E-state index is 0.890. The summed E-state index contributed by atoms with van der Waals surface area (Å²) in [6.07, 6.45) is 2.02. The Morgan fingerprint density at radius 2 is 2.08 bits per heavy atom. The van der Waals surface area contributed by atoms with E-state index in [0.717, 1.165) is 45.1 Å². The van der Waals surface area contributed by atoms with E-state index in [9.17, 15) is 0 Å². The fourth-order valence-corrected chi connectivity index (χ4v) is 4.65. The Labute approximate surface area is 153 Å². The van der Waals surface area contributed by atoms with E-state index < -0.39 is 0 Å². The van der Waals surface area contributed by atoms with Crippen LogP contribution in [0.1, 0.15) is 16.0 Å². The first-order valence-corrected chi connectivity index (χ1v) is 9.46. The highest BCUT2D eigenvalue weighted by molar-refractivity contribution is 9.10. The highest BCUT2D eigenvalue weighted by Crippen LogP contribution is 2.45. The Kier molecular flexibility index (Phi) is 4.06. The minimum Gasteiger partial charge on any atom is -0.496 e. The maximum Gasteiger partial charge on any atom is 0.187 e. The van der Waals surface area contributed by atoms with E-state index in [1.54, 1.807) is 18.4 Å². The summed E-state index contributed by atoms with van der Waals surface area (Å²) in [6.45, 7) is 2.09. The zero-order valence-corrected chi connectivity index (χ0v) is 15.9. The SMILES string of the molecule is COc1ccc(Br)c2c1-c1nc(Nc3cccc(C)c3)sc1CC2. The lowest BCUT2D eigenvalue weighted by Crippen LogP contribution is -2.05. The third kappa shape index (κ3) is 2.72. The minimum atomic E-state index is 0.890. The van der Waals surface area contributed by atoms with Gasteiger partial charge in [0, 0.05) is 20.6 Å². The fraction of sp³-hybridized carbons (Fsp3) is 0.211. The van der Waals surface area contributed by atoms with E-state index in [0.29, 0.717) is 0 Å². The maximum atomic E-state index is 5.59. The molecule has 1 heterocycles. The van der Waals surface area contributed by atoms with E-state index >= 15 is 0 Å². The summed E-state index contributed by atoms with van der Waals surface area (Å²) in [7, 11) is 1.72. The highest BCUT2D eigenvalue weighted by Gasteiger charge is 2.26. The zero-order chi connectivity index (χ0) is 16.7. The van der Waals surface area contributed by atoms with Gasteiger partial charge in [0.25, 0.3) is 0 Å². The van der Waals surface area contributed by atoms with Gasteiger partial charge in [0.1, 0.15) is 5.75 Å². The normalized spacial score (nSPS) is 12.5. The van der Waals surface area contributed by atoms with Crippen LogP contribution in [0.25, 0.3) is 11.3 Å². The van der Waals surface area contributed by atoms with Gasteiger partial charge in [-0.2, -0.15) is 0 Å². The predicted molar refractivity (Wildman–Crippen MR) is 104 cm³/mol. The van der Waals surface area contributed by atoms with Crippen LogP contribution in [0.5, 0.6) is 5.75 Å². The first kappa shape index (κ1) is 15.7. The van der Waals surface area contributed by atoms with Crippen molar-refractivity contribution in [1.82, 2.24) is 4.98 Å². The van der Waals surface area contributed by atoms with E-state index in [4.69, 9.17) is 9.72 Å². The molecule has 5 heteroatoms. The number of anilines is 2. The molecule has 2 aromatic carbocycles. The van der Waals surface area contributed by atoms with Gasteiger partial charge in [0.15, 0.2) is 5.13 Å². The number of aromatic nitrogens is 1. The summed E-state index contributed by atoms with van der Waals surface area (Å²) < 4.78 is 6.72. The van der Waals surface area contributed by atoms with Crippen LogP contribution in [0.2, 0.25) is 0 Å². The van der Waals surface area contributed by atoms with Crippen LogP contribution in [0.15, 0.2) is 40.9 Å². The molecule has 0 spiro atoms. The van der Waals surface area contributed by atoms with E-state index in [2.05, 4.69) is 58.5 Å². The number of nitrogens with zero attached hydrogens (tertiary/aromatic N) is 1. The first-order chi connectivity index (χ1) is 11.7. The molecule has 0 atom stereocenters. The first-order valence-electron chi connectivity index (χ1n) is 7.85. The fourth-order valence-electron chi connectivity index (χ4n) is 3.13. The lowest BCUT2D eigenvalue weighted by molar-refractivity contribution is 0.415. The number of benzene rings is 2. The van der Waals surface area contributed by atoms with Crippen molar-refractivity contribution in [3.8, 4) is 17.0 Å². The van der Waals surface area contributed by atoms with Crippen molar-refractivity contribution in [1.29, 1.82) is 0 Å². The summed E-state index contributed by atoms with van der Waals surface area (Å²) >= 11 is 5.40. The molecule has 24 heavy (non-hydrogen) atoms. The largest absolute Gasteiger partial charge is 0.496 e. The molecule has 122 valence electrons. The molecule has 0 amide bonds. The number of ether oxygens (including phenoxy) is 1. The Bertz CT molecular complexity index is 920. The quantitative estimate of drug-likeness (QED) is 0.609. The number of aryl methyl sites for hydroxylation is 2. The van der Waals surface area contributed by atoms with Crippen LogP contribution < -0.4 is 10.1 Å². The van der Waals surface area contributed by atoms with E-state index in [1.807, 2.05) is 6.07 Å². The monoisotopic (exact) mass is 400 g/mol. The van der Waals surface area contributed by atoms with Gasteiger partial charge in [-0.15, -0.1) is 11.3 Å². The molecule has 0 unspecified atom stereocenters. The number of nitrogens with one attached hydrogen (secondary N) is 1. The average molecular weight is 401 g/mol. The van der Waals surface area contributed by atoms with Crippen molar-refractivity contribution in [2.24, 2.45) is 0 Å². The molecule has 1 N–H and O–H groups in total. The zero-order valence-electron chi connectivity index (χ0n) is 13.5. The summed E-state index contributed by atoms with van der Waals surface area (Å²) in [6, 6.07) is 12.4. The number of hydrogen-bond donors (Lipinski definition) is 1. The second kappa shape index (κ2) is 6.22. The van der Waals surface area contributed by atoms with Crippen molar-refractivity contribution in [3.05, 3.63) is 56.9 Å². The Morgan fingerprint density at radius 1 is 1.21 bits per heavy atom. The summed E-state index contributed by atoms with van der Waals surface area (Å²) in [5.74, 6) is 0.890. The standard InChI is InChI=1S/C19H17BrN2OS/c1-11-4-3-5-12(10-11)21-19-22-18-16(24-19)9-6-13-14(20)7-8-15(23-2)17(13)18/h3-5,7-8,10H,6,9H2,1-2H3,(H,21,22). The topological polar surface area (TPSA) is 34.1 Å². The number of methoxy groups -OCH3 is 1. The van der Waals surface area contributed by atoms with Crippen molar-refractivity contribution in [2.45, 2.75) is 19.8 Å². The van der Waals surface area contributed by atoms with Crippen LogP contribution in [0.4, 0.5) is 10.8 Å². The van der Waals surface area contributed by atoms with E-state index in [1.165, 1.54) is 16.0 Å². The lowest BCUT2D eigenvalue weighted by atomic mass is 9.93. The second-order valence-corrected chi connectivity index (χ2v) is 7.83. The Morgan fingerprint density at radius 3 is 2.88 bits per heavy atom. The van der Waals surface area contributed by atoms with Crippen molar-refractivity contribution >= 4 is 38.1 Å². The van der Waals surface area contributed by atoms with Crippen molar-refractivity contribution < 1.29 is 4.74 Å². The lowest BCUT2D eigenvalue weighted by Gasteiger charge is -2.19. The van der Waals surface area contributed by atoms with Crippen LogP contribution in [0.3, 0.4) is 0 Å². The van der Waals surface area contributed by atoms with Crippen LogP contribution in [-0.4, -0.2) is 12.1 Å². The summed E-state index contributed by atoms with van der Waals surface area (Å²) in [5, 5.41) is 4.37. The molecule has 0 aliphatic heterocycles.